The first-order chi connectivity index (χ1) is 9.24. The number of nitrogens with two attached hydrogens (primary N) is 1. The second-order valence-corrected chi connectivity index (χ2v) is 5.63. The average Bonchev–Trinajstić information content (AvgIpc) is 2.42. The largest absolute Gasteiger partial charge is 0.397 e. The second kappa shape index (κ2) is 5.09. The number of rotatable bonds is 2. The minimum Gasteiger partial charge on any atom is -0.397 e. The summed E-state index contributed by atoms with van der Waals surface area (Å²) in [6, 6.07) is 20.6. The van der Waals surface area contributed by atoms with E-state index in [9.17, 15) is 0 Å². The molecule has 0 atom stereocenters. The van der Waals surface area contributed by atoms with Crippen LogP contribution in [0.3, 0.4) is 0 Å². The quantitative estimate of drug-likeness (QED) is 0.510. The molecule has 0 aliphatic heterocycles. The number of hydrogen-bond acceptors (Lipinski definition) is 2. The smallest absolute Gasteiger partial charge is 0.0618 e. The Kier molecular flexibility index (Phi) is 3.29. The van der Waals surface area contributed by atoms with Gasteiger partial charge in [0.15, 0.2) is 0 Å². The Morgan fingerprint density at radius 3 is 2.47 bits per heavy atom. The molecule has 3 heteroatoms. The van der Waals surface area contributed by atoms with Crippen LogP contribution in [0.2, 0.25) is 0 Å². The van der Waals surface area contributed by atoms with Crippen molar-refractivity contribution in [2.75, 3.05) is 11.1 Å². The lowest BCUT2D eigenvalue weighted by atomic mass is 10.1. The number of benzene rings is 3. The summed E-state index contributed by atoms with van der Waals surface area (Å²) in [4.78, 5) is 0. The van der Waals surface area contributed by atoms with E-state index in [-0.39, 0.29) is 0 Å². The van der Waals surface area contributed by atoms with Crippen molar-refractivity contribution in [1.82, 2.24) is 0 Å². The highest BCUT2D eigenvalue weighted by Gasteiger charge is 2.03. The van der Waals surface area contributed by atoms with Crippen LogP contribution >= 0.6 is 22.6 Å². The van der Waals surface area contributed by atoms with Crippen molar-refractivity contribution >= 4 is 50.4 Å². The fraction of sp³-hybridized carbons (Fsp3) is 0. The minimum absolute atomic E-state index is 0.764. The number of nitrogens with one attached hydrogen (secondary N) is 1. The van der Waals surface area contributed by atoms with Gasteiger partial charge in [0.05, 0.1) is 11.4 Å². The summed E-state index contributed by atoms with van der Waals surface area (Å²) in [6.45, 7) is 0. The van der Waals surface area contributed by atoms with Gasteiger partial charge in [-0.3, -0.25) is 0 Å². The number of nitrogen functional groups attached to an aromatic ring is 1. The van der Waals surface area contributed by atoms with Gasteiger partial charge >= 0.3 is 0 Å². The van der Waals surface area contributed by atoms with Gasteiger partial charge in [0.2, 0.25) is 0 Å². The van der Waals surface area contributed by atoms with Gasteiger partial charge in [0, 0.05) is 14.6 Å². The summed E-state index contributed by atoms with van der Waals surface area (Å²) in [7, 11) is 0. The SMILES string of the molecule is Nc1cc(I)ccc1Nc1cccc2ccccc12. The number of fused-ring (bicyclic) bond motifs is 1. The molecule has 3 aromatic rings. The lowest BCUT2D eigenvalue weighted by Gasteiger charge is -2.12. The Labute approximate surface area is 125 Å². The molecule has 3 aromatic carbocycles. The zero-order valence-electron chi connectivity index (χ0n) is 10.2. The molecule has 3 rings (SSSR count). The third-order valence-corrected chi connectivity index (χ3v) is 3.74. The normalized spacial score (nSPS) is 10.6. The van der Waals surface area contributed by atoms with Crippen LogP contribution in [0.15, 0.2) is 60.7 Å². The van der Waals surface area contributed by atoms with E-state index in [1.54, 1.807) is 0 Å². The first-order valence-electron chi connectivity index (χ1n) is 6.04. The molecular weight excluding hydrogens is 347 g/mol. The van der Waals surface area contributed by atoms with Gasteiger partial charge in [-0.25, -0.2) is 0 Å². The monoisotopic (exact) mass is 360 g/mol. The maximum atomic E-state index is 6.05. The van der Waals surface area contributed by atoms with Crippen molar-refractivity contribution in [2.45, 2.75) is 0 Å². The van der Waals surface area contributed by atoms with Crippen LogP contribution in [0.1, 0.15) is 0 Å². The lowest BCUT2D eigenvalue weighted by Crippen LogP contribution is -1.97. The Balaban J connectivity index is 2.06. The number of hydrogen-bond donors (Lipinski definition) is 2. The fourth-order valence-electron chi connectivity index (χ4n) is 2.13. The van der Waals surface area contributed by atoms with E-state index in [0.717, 1.165) is 20.6 Å². The number of anilines is 3. The van der Waals surface area contributed by atoms with E-state index >= 15 is 0 Å². The molecule has 0 radical (unpaired) electrons. The van der Waals surface area contributed by atoms with Crippen molar-refractivity contribution in [3.63, 3.8) is 0 Å². The molecule has 0 aliphatic rings. The Morgan fingerprint density at radius 2 is 1.63 bits per heavy atom. The Bertz CT molecular complexity index is 732. The van der Waals surface area contributed by atoms with Crippen LogP contribution in [-0.2, 0) is 0 Å². The van der Waals surface area contributed by atoms with Crippen molar-refractivity contribution in [1.29, 1.82) is 0 Å². The van der Waals surface area contributed by atoms with Gasteiger partial charge in [-0.2, -0.15) is 0 Å². The molecule has 0 saturated carbocycles. The summed E-state index contributed by atoms with van der Waals surface area (Å²) in [6.07, 6.45) is 0. The summed E-state index contributed by atoms with van der Waals surface area (Å²) in [5, 5.41) is 5.83. The van der Waals surface area contributed by atoms with Crippen LogP contribution in [-0.4, -0.2) is 0 Å². The molecular formula is C16H13IN2. The van der Waals surface area contributed by atoms with E-state index < -0.39 is 0 Å². The molecule has 3 N–H and O–H groups in total. The van der Waals surface area contributed by atoms with Crippen molar-refractivity contribution < 1.29 is 0 Å². The highest BCUT2D eigenvalue weighted by atomic mass is 127. The summed E-state index contributed by atoms with van der Waals surface area (Å²) >= 11 is 2.26. The maximum Gasteiger partial charge on any atom is 0.0618 e. The molecule has 94 valence electrons. The van der Waals surface area contributed by atoms with Gasteiger partial charge < -0.3 is 11.1 Å². The topological polar surface area (TPSA) is 38.0 Å². The summed E-state index contributed by atoms with van der Waals surface area (Å²) < 4.78 is 1.14. The zero-order chi connectivity index (χ0) is 13.2. The van der Waals surface area contributed by atoms with E-state index in [1.165, 1.54) is 10.8 Å². The van der Waals surface area contributed by atoms with Crippen LogP contribution in [0.25, 0.3) is 10.8 Å². The standard InChI is InChI=1S/C16H13IN2/c17-12-8-9-16(14(18)10-12)19-15-7-3-5-11-4-1-2-6-13(11)15/h1-10,19H,18H2. The van der Waals surface area contributed by atoms with Gasteiger partial charge in [-0.1, -0.05) is 36.4 Å². The predicted molar refractivity (Wildman–Crippen MR) is 90.8 cm³/mol. The van der Waals surface area contributed by atoms with Crippen molar-refractivity contribution in [3.05, 3.63) is 64.2 Å². The number of halogens is 1. The molecule has 0 aromatic heterocycles. The average molecular weight is 360 g/mol. The second-order valence-electron chi connectivity index (χ2n) is 4.38. The molecule has 0 bridgehead atoms. The first kappa shape index (κ1) is 12.3. The molecule has 2 nitrogen and oxygen atoms in total. The van der Waals surface area contributed by atoms with E-state index in [0.29, 0.717) is 0 Å². The van der Waals surface area contributed by atoms with Gasteiger partial charge in [0.25, 0.3) is 0 Å². The van der Waals surface area contributed by atoms with Gasteiger partial charge in [-0.05, 0) is 52.2 Å². The highest BCUT2D eigenvalue weighted by molar-refractivity contribution is 14.1. The van der Waals surface area contributed by atoms with Crippen LogP contribution in [0.4, 0.5) is 17.1 Å². The molecule has 0 fully saturated rings. The molecule has 0 unspecified atom stereocenters. The minimum atomic E-state index is 0.764. The maximum absolute atomic E-state index is 6.05. The molecule has 19 heavy (non-hydrogen) atoms. The summed E-state index contributed by atoms with van der Waals surface area (Å²) in [5.74, 6) is 0. The van der Waals surface area contributed by atoms with Crippen molar-refractivity contribution in [2.24, 2.45) is 0 Å². The van der Waals surface area contributed by atoms with E-state index in [4.69, 9.17) is 5.73 Å². The van der Waals surface area contributed by atoms with Gasteiger partial charge in [0.1, 0.15) is 0 Å². The third kappa shape index (κ3) is 2.51. The Hall–Kier alpha value is -1.75. The zero-order valence-corrected chi connectivity index (χ0v) is 12.4. The predicted octanol–water partition coefficient (Wildman–Crippen LogP) is 4.77. The van der Waals surface area contributed by atoms with E-state index in [1.807, 2.05) is 36.4 Å². The summed E-state index contributed by atoms with van der Waals surface area (Å²) in [5.41, 5.74) is 8.83. The van der Waals surface area contributed by atoms with Gasteiger partial charge in [-0.15, -0.1) is 0 Å². The highest BCUT2D eigenvalue weighted by Crippen LogP contribution is 2.29. The van der Waals surface area contributed by atoms with Crippen LogP contribution in [0, 0.1) is 3.57 Å². The van der Waals surface area contributed by atoms with E-state index in [2.05, 4.69) is 52.2 Å². The molecule has 0 aliphatic carbocycles. The molecule has 0 heterocycles. The lowest BCUT2D eigenvalue weighted by molar-refractivity contribution is 1.55. The van der Waals surface area contributed by atoms with Crippen molar-refractivity contribution in [3.8, 4) is 0 Å². The molecule has 0 spiro atoms. The molecule has 0 amide bonds. The van der Waals surface area contributed by atoms with Crippen LogP contribution < -0.4 is 11.1 Å². The van der Waals surface area contributed by atoms with Crippen LogP contribution in [0.5, 0.6) is 0 Å². The fourth-order valence-corrected chi connectivity index (χ4v) is 2.64. The Morgan fingerprint density at radius 1 is 0.842 bits per heavy atom. The molecule has 0 saturated heterocycles. The first-order valence-corrected chi connectivity index (χ1v) is 7.12. The third-order valence-electron chi connectivity index (χ3n) is 3.07.